The van der Waals surface area contributed by atoms with Gasteiger partial charge in [-0.05, 0) is 6.08 Å². The fourth-order valence-corrected chi connectivity index (χ4v) is 1.92. The number of nitrogens with zero attached hydrogens (tertiary/aromatic N) is 1. The van der Waals surface area contributed by atoms with E-state index in [1.54, 1.807) is 0 Å². The normalized spacial score (nSPS) is 31.7. The van der Waals surface area contributed by atoms with Crippen molar-refractivity contribution in [1.29, 1.82) is 0 Å². The van der Waals surface area contributed by atoms with Gasteiger partial charge in [0.25, 0.3) is 0 Å². The fourth-order valence-electron chi connectivity index (χ4n) is 1.10. The molecule has 14 heavy (non-hydrogen) atoms. The zero-order valence-corrected chi connectivity index (χ0v) is 7.59. The van der Waals surface area contributed by atoms with Gasteiger partial charge in [-0.2, -0.15) is 8.42 Å². The Bertz CT molecular complexity index is 410. The van der Waals surface area contributed by atoms with Gasteiger partial charge in [-0.15, -0.1) is 0 Å². The summed E-state index contributed by atoms with van der Waals surface area (Å²) in [4.78, 5) is 6.42. The summed E-state index contributed by atoms with van der Waals surface area (Å²) in [5.74, 6) is 0. The van der Waals surface area contributed by atoms with Crippen molar-refractivity contribution in [3.8, 4) is 0 Å². The molecule has 0 saturated heterocycles. The van der Waals surface area contributed by atoms with Crippen molar-refractivity contribution < 1.29 is 23.0 Å². The van der Waals surface area contributed by atoms with E-state index >= 15 is 0 Å². The van der Waals surface area contributed by atoms with E-state index in [1.807, 2.05) is 0 Å². The van der Waals surface area contributed by atoms with Crippen LogP contribution in [0.25, 0.3) is 0 Å². The summed E-state index contributed by atoms with van der Waals surface area (Å²) in [5, 5.41) is 19.8. The molecule has 0 fully saturated rings. The molecule has 0 bridgehead atoms. The topological polar surface area (TPSA) is 118 Å². The van der Waals surface area contributed by atoms with Crippen LogP contribution in [0.15, 0.2) is 24.3 Å². The molecular weight excluding hydrogens is 214 g/mol. The summed E-state index contributed by atoms with van der Waals surface area (Å²) in [5.41, 5.74) is 0. The lowest BCUT2D eigenvalue weighted by molar-refractivity contribution is -0.537. The van der Waals surface area contributed by atoms with Crippen LogP contribution in [0.3, 0.4) is 0 Å². The van der Waals surface area contributed by atoms with Crippen LogP contribution in [0.2, 0.25) is 0 Å². The summed E-state index contributed by atoms with van der Waals surface area (Å²) in [6.07, 6.45) is 1.96. The second-order valence-electron chi connectivity index (χ2n) is 2.67. The number of nitro groups is 1. The molecule has 0 aromatic rings. The van der Waals surface area contributed by atoms with Crippen molar-refractivity contribution in [2.45, 2.75) is 11.0 Å². The molecule has 1 aliphatic carbocycles. The number of hydrogen-bond acceptors (Lipinski definition) is 5. The molecule has 0 amide bonds. The van der Waals surface area contributed by atoms with E-state index in [-0.39, 0.29) is 0 Å². The molecule has 0 saturated carbocycles. The van der Waals surface area contributed by atoms with Crippen molar-refractivity contribution in [2.24, 2.45) is 0 Å². The number of hydrogen-bond donors (Lipinski definition) is 2. The molecular formula is C6H7NO6S. The lowest BCUT2D eigenvalue weighted by Crippen LogP contribution is -2.53. The lowest BCUT2D eigenvalue weighted by atomic mass is 10.1. The van der Waals surface area contributed by atoms with E-state index in [4.69, 9.17) is 4.55 Å². The molecule has 0 heterocycles. The number of aliphatic hydroxyl groups is 1. The Hall–Kier alpha value is -1.25. The third kappa shape index (κ3) is 1.33. The Kier molecular flexibility index (Phi) is 2.44. The molecule has 2 N–H and O–H groups in total. The summed E-state index contributed by atoms with van der Waals surface area (Å²) in [7, 11) is -5.02. The van der Waals surface area contributed by atoms with E-state index in [0.29, 0.717) is 6.08 Å². The van der Waals surface area contributed by atoms with Gasteiger partial charge >= 0.3 is 15.0 Å². The third-order valence-corrected chi connectivity index (χ3v) is 3.21. The predicted molar refractivity (Wildman–Crippen MR) is 45.6 cm³/mol. The average Bonchev–Trinajstić information content (AvgIpc) is 2.02. The largest absolute Gasteiger partial charge is 0.389 e. The summed E-state index contributed by atoms with van der Waals surface area (Å²) >= 11 is 0. The Morgan fingerprint density at radius 2 is 2.00 bits per heavy atom. The highest BCUT2D eigenvalue weighted by Crippen LogP contribution is 2.27. The molecule has 0 spiro atoms. The Labute approximate surface area is 79.3 Å². The molecule has 2 atom stereocenters. The smallest absolute Gasteiger partial charge is 0.380 e. The quantitative estimate of drug-likeness (QED) is 0.363. The standard InChI is InChI=1S/C6H7NO6S/c8-5-3-1-2-4-6(5,7(9)10)14(11,12)13/h1-5,8H,(H,11,12,13). The fraction of sp³-hybridized carbons (Fsp3) is 0.333. The second-order valence-corrected chi connectivity index (χ2v) is 4.28. The number of rotatable bonds is 2. The van der Waals surface area contributed by atoms with Crippen molar-refractivity contribution in [3.63, 3.8) is 0 Å². The summed E-state index contributed by atoms with van der Waals surface area (Å²) in [6, 6.07) is 0. The van der Waals surface area contributed by atoms with Crippen LogP contribution in [0.4, 0.5) is 0 Å². The maximum atomic E-state index is 10.8. The molecule has 0 aromatic carbocycles. The second kappa shape index (κ2) is 3.15. The Morgan fingerprint density at radius 1 is 1.43 bits per heavy atom. The summed E-state index contributed by atoms with van der Waals surface area (Å²) < 4.78 is 30.4. The van der Waals surface area contributed by atoms with Gasteiger partial charge in [0.05, 0.1) is 4.92 Å². The van der Waals surface area contributed by atoms with Gasteiger partial charge in [-0.25, -0.2) is 0 Å². The SMILES string of the molecule is O=[N+]([O-])C1(S(=O)(=O)O)C=CC=CC1O. The number of aliphatic hydroxyl groups excluding tert-OH is 1. The van der Waals surface area contributed by atoms with Crippen LogP contribution < -0.4 is 0 Å². The minimum atomic E-state index is -5.02. The first-order valence-corrected chi connectivity index (χ1v) is 4.92. The molecule has 0 aliphatic heterocycles. The zero-order valence-electron chi connectivity index (χ0n) is 6.77. The Morgan fingerprint density at radius 3 is 2.29 bits per heavy atom. The van der Waals surface area contributed by atoms with E-state index in [2.05, 4.69) is 0 Å². The molecule has 2 unspecified atom stereocenters. The molecule has 8 heteroatoms. The predicted octanol–water partition coefficient (Wildman–Crippen LogP) is -0.666. The van der Waals surface area contributed by atoms with Crippen LogP contribution in [0, 0.1) is 10.1 Å². The van der Waals surface area contributed by atoms with Gasteiger partial charge in [0, 0.05) is 6.08 Å². The molecule has 0 aromatic heterocycles. The first-order valence-electron chi connectivity index (χ1n) is 3.48. The van der Waals surface area contributed by atoms with E-state index in [0.717, 1.165) is 12.2 Å². The molecule has 7 nitrogen and oxygen atoms in total. The van der Waals surface area contributed by atoms with Crippen molar-refractivity contribution >= 4 is 10.1 Å². The van der Waals surface area contributed by atoms with Crippen LogP contribution in [0.1, 0.15) is 0 Å². The highest BCUT2D eigenvalue weighted by Gasteiger charge is 2.59. The molecule has 1 aliphatic rings. The van der Waals surface area contributed by atoms with Gasteiger partial charge in [-0.3, -0.25) is 14.7 Å². The highest BCUT2D eigenvalue weighted by molar-refractivity contribution is 7.87. The zero-order chi connectivity index (χ0) is 11.0. The lowest BCUT2D eigenvalue weighted by Gasteiger charge is -2.23. The molecule has 1 rings (SSSR count). The number of allylic oxidation sites excluding steroid dienone is 2. The summed E-state index contributed by atoms with van der Waals surface area (Å²) in [6.45, 7) is 0. The van der Waals surface area contributed by atoms with Crippen LogP contribution in [0.5, 0.6) is 0 Å². The van der Waals surface area contributed by atoms with Gasteiger partial charge < -0.3 is 5.11 Å². The van der Waals surface area contributed by atoms with Crippen LogP contribution in [-0.4, -0.2) is 34.0 Å². The molecule has 0 radical (unpaired) electrons. The maximum absolute atomic E-state index is 10.8. The van der Waals surface area contributed by atoms with Crippen LogP contribution in [-0.2, 0) is 10.1 Å². The first-order chi connectivity index (χ1) is 6.32. The van der Waals surface area contributed by atoms with Crippen molar-refractivity contribution in [3.05, 3.63) is 34.4 Å². The molecule has 78 valence electrons. The van der Waals surface area contributed by atoms with Gasteiger partial charge in [0.2, 0.25) is 0 Å². The highest BCUT2D eigenvalue weighted by atomic mass is 32.2. The minimum absolute atomic E-state index is 0.632. The van der Waals surface area contributed by atoms with E-state index < -0.39 is 26.0 Å². The minimum Gasteiger partial charge on any atom is -0.380 e. The first kappa shape index (κ1) is 10.8. The van der Waals surface area contributed by atoms with Crippen molar-refractivity contribution in [2.75, 3.05) is 0 Å². The Balaban J connectivity index is 3.40. The average molecular weight is 221 g/mol. The van der Waals surface area contributed by atoms with E-state index in [1.165, 1.54) is 6.08 Å². The van der Waals surface area contributed by atoms with Gasteiger partial charge in [-0.1, -0.05) is 12.2 Å². The monoisotopic (exact) mass is 221 g/mol. The van der Waals surface area contributed by atoms with Crippen molar-refractivity contribution in [1.82, 2.24) is 0 Å². The van der Waals surface area contributed by atoms with Gasteiger partial charge in [0.1, 0.15) is 0 Å². The maximum Gasteiger partial charge on any atom is 0.389 e. The third-order valence-electron chi connectivity index (χ3n) is 1.86. The van der Waals surface area contributed by atoms with E-state index in [9.17, 15) is 23.6 Å². The van der Waals surface area contributed by atoms with Crippen LogP contribution >= 0.6 is 0 Å². The van der Waals surface area contributed by atoms with Gasteiger partial charge in [0.15, 0.2) is 6.10 Å².